The zero-order chi connectivity index (χ0) is 26.2. The molecule has 1 amide bonds. The van der Waals surface area contributed by atoms with Crippen molar-refractivity contribution in [1.29, 1.82) is 0 Å². The zero-order valence-electron chi connectivity index (χ0n) is 21.4. The van der Waals surface area contributed by atoms with Gasteiger partial charge in [0.1, 0.15) is 11.6 Å². The Morgan fingerprint density at radius 3 is 2.36 bits per heavy atom. The summed E-state index contributed by atoms with van der Waals surface area (Å²) in [5.74, 6) is -1.22. The lowest BCUT2D eigenvalue weighted by Gasteiger charge is -2.27. The second-order valence-corrected chi connectivity index (χ2v) is 8.64. The van der Waals surface area contributed by atoms with Gasteiger partial charge in [-0.1, -0.05) is 26.8 Å². The standard InChI is InChI=1S/C28H35FN2O5/c1-5-17-36-22-14-11-20(18-23(22)35-4)25-24(26(32)19-9-12-21(29)13-10-19)27(33)28(34)31(25)16-8-15-30(6-2)7-3/h9-14,18,25,32H,5-8,15-17H2,1-4H3/b26-24+/t25-/m1/s1. The molecule has 0 spiro atoms. The van der Waals surface area contributed by atoms with Gasteiger partial charge in [-0.25, -0.2) is 4.39 Å². The first-order valence-corrected chi connectivity index (χ1v) is 12.4. The third-order valence-corrected chi connectivity index (χ3v) is 6.39. The van der Waals surface area contributed by atoms with Gasteiger partial charge in [-0.15, -0.1) is 0 Å². The summed E-state index contributed by atoms with van der Waals surface area (Å²) in [6.45, 7) is 9.56. The van der Waals surface area contributed by atoms with Gasteiger partial charge in [-0.2, -0.15) is 0 Å². The number of nitrogens with zero attached hydrogens (tertiary/aromatic N) is 2. The predicted octanol–water partition coefficient (Wildman–Crippen LogP) is 4.78. The summed E-state index contributed by atoms with van der Waals surface area (Å²) < 4.78 is 24.8. The van der Waals surface area contributed by atoms with Gasteiger partial charge < -0.3 is 24.4 Å². The van der Waals surface area contributed by atoms with Crippen molar-refractivity contribution in [2.75, 3.05) is 39.9 Å². The highest BCUT2D eigenvalue weighted by Gasteiger charge is 2.46. The number of hydrogen-bond donors (Lipinski definition) is 1. The van der Waals surface area contributed by atoms with Crippen LogP contribution in [0.1, 0.15) is 50.8 Å². The van der Waals surface area contributed by atoms with Crippen molar-refractivity contribution >= 4 is 17.4 Å². The summed E-state index contributed by atoms with van der Waals surface area (Å²) in [5, 5.41) is 11.1. The van der Waals surface area contributed by atoms with E-state index in [9.17, 15) is 19.1 Å². The molecule has 2 aromatic rings. The first kappa shape index (κ1) is 27.2. The molecule has 0 aromatic heterocycles. The van der Waals surface area contributed by atoms with E-state index < -0.39 is 23.5 Å². The molecule has 0 bridgehead atoms. The van der Waals surface area contributed by atoms with Gasteiger partial charge in [0.05, 0.1) is 25.3 Å². The number of aliphatic hydroxyl groups excluding tert-OH is 1. The fraction of sp³-hybridized carbons (Fsp3) is 0.429. The first-order valence-electron chi connectivity index (χ1n) is 12.4. The van der Waals surface area contributed by atoms with Crippen LogP contribution in [-0.4, -0.2) is 66.5 Å². The topological polar surface area (TPSA) is 79.3 Å². The second kappa shape index (κ2) is 12.5. The van der Waals surface area contributed by atoms with E-state index in [1.54, 1.807) is 18.2 Å². The van der Waals surface area contributed by atoms with Gasteiger partial charge in [-0.05, 0) is 74.4 Å². The molecule has 1 atom stereocenters. The molecule has 2 aromatic carbocycles. The van der Waals surface area contributed by atoms with E-state index in [0.29, 0.717) is 36.6 Å². The van der Waals surface area contributed by atoms with Crippen molar-refractivity contribution in [3.05, 3.63) is 65.0 Å². The largest absolute Gasteiger partial charge is 0.507 e. The number of carbonyl (C=O) groups is 2. The molecule has 36 heavy (non-hydrogen) atoms. The number of Topliss-reactive ketones (excluding diaryl/α,β-unsaturated/α-hetero) is 1. The molecular formula is C28H35FN2O5. The molecule has 1 N–H and O–H groups in total. The van der Waals surface area contributed by atoms with Crippen LogP contribution in [0.4, 0.5) is 4.39 Å². The minimum Gasteiger partial charge on any atom is -0.507 e. The highest BCUT2D eigenvalue weighted by Crippen LogP contribution is 2.42. The molecule has 7 nitrogen and oxygen atoms in total. The van der Waals surface area contributed by atoms with Crippen LogP contribution in [0, 0.1) is 5.82 Å². The number of methoxy groups -OCH3 is 1. The van der Waals surface area contributed by atoms with Crippen molar-refractivity contribution < 1.29 is 28.6 Å². The third kappa shape index (κ3) is 5.87. The van der Waals surface area contributed by atoms with E-state index in [4.69, 9.17) is 9.47 Å². The number of halogens is 1. The number of hydrogen-bond acceptors (Lipinski definition) is 6. The lowest BCUT2D eigenvalue weighted by molar-refractivity contribution is -0.140. The van der Waals surface area contributed by atoms with Crippen molar-refractivity contribution in [1.82, 2.24) is 9.80 Å². The molecule has 0 radical (unpaired) electrons. The number of ketones is 1. The Morgan fingerprint density at radius 1 is 1.06 bits per heavy atom. The Kier molecular flexibility index (Phi) is 9.47. The van der Waals surface area contributed by atoms with Crippen LogP contribution in [0.3, 0.4) is 0 Å². The summed E-state index contributed by atoms with van der Waals surface area (Å²) in [6, 6.07) is 9.62. The lowest BCUT2D eigenvalue weighted by atomic mass is 9.95. The van der Waals surface area contributed by atoms with Gasteiger partial charge >= 0.3 is 0 Å². The van der Waals surface area contributed by atoms with Crippen molar-refractivity contribution in [2.45, 2.75) is 39.7 Å². The third-order valence-electron chi connectivity index (χ3n) is 6.39. The van der Waals surface area contributed by atoms with Crippen molar-refractivity contribution in [2.24, 2.45) is 0 Å². The quantitative estimate of drug-likeness (QED) is 0.258. The zero-order valence-corrected chi connectivity index (χ0v) is 21.4. The maximum Gasteiger partial charge on any atom is 0.295 e. The second-order valence-electron chi connectivity index (χ2n) is 8.64. The average Bonchev–Trinajstić information content (AvgIpc) is 3.14. The molecule has 1 saturated heterocycles. The van der Waals surface area contributed by atoms with Crippen LogP contribution in [0.15, 0.2) is 48.0 Å². The van der Waals surface area contributed by atoms with Gasteiger partial charge in [0.15, 0.2) is 11.5 Å². The van der Waals surface area contributed by atoms with Crippen LogP contribution in [0.25, 0.3) is 5.76 Å². The normalized spacial score (nSPS) is 17.2. The van der Waals surface area contributed by atoms with E-state index in [0.717, 1.165) is 26.1 Å². The van der Waals surface area contributed by atoms with E-state index in [1.807, 2.05) is 6.92 Å². The summed E-state index contributed by atoms with van der Waals surface area (Å²) in [7, 11) is 1.53. The van der Waals surface area contributed by atoms with E-state index >= 15 is 0 Å². The smallest absolute Gasteiger partial charge is 0.295 e. The molecule has 1 aliphatic rings. The van der Waals surface area contributed by atoms with Crippen LogP contribution in [0.2, 0.25) is 0 Å². The van der Waals surface area contributed by atoms with Crippen molar-refractivity contribution in [3.63, 3.8) is 0 Å². The summed E-state index contributed by atoms with van der Waals surface area (Å²) in [4.78, 5) is 30.1. The molecule has 1 fully saturated rings. The molecule has 1 heterocycles. The van der Waals surface area contributed by atoms with Gasteiger partial charge in [0.2, 0.25) is 0 Å². The van der Waals surface area contributed by atoms with Gasteiger partial charge in [0.25, 0.3) is 11.7 Å². The molecule has 8 heteroatoms. The van der Waals surface area contributed by atoms with E-state index in [2.05, 4.69) is 18.7 Å². The number of amides is 1. The molecule has 0 saturated carbocycles. The van der Waals surface area contributed by atoms with Crippen LogP contribution < -0.4 is 9.47 Å². The molecule has 3 rings (SSSR count). The lowest BCUT2D eigenvalue weighted by Crippen LogP contribution is -2.33. The Balaban J connectivity index is 2.07. The SMILES string of the molecule is CCCOc1ccc([C@@H]2/C(=C(\O)c3ccc(F)cc3)C(=O)C(=O)N2CCCN(CC)CC)cc1OC. The summed E-state index contributed by atoms with van der Waals surface area (Å²) >= 11 is 0. The number of rotatable bonds is 12. The number of aliphatic hydroxyl groups is 1. The van der Waals surface area contributed by atoms with Crippen LogP contribution in [0.5, 0.6) is 11.5 Å². The number of likely N-dealkylation sites (tertiary alicyclic amines) is 1. The Labute approximate surface area is 212 Å². The summed E-state index contributed by atoms with van der Waals surface area (Å²) in [5.41, 5.74) is 0.845. The number of benzene rings is 2. The van der Waals surface area contributed by atoms with Gasteiger partial charge in [-0.3, -0.25) is 9.59 Å². The predicted molar refractivity (Wildman–Crippen MR) is 137 cm³/mol. The van der Waals surface area contributed by atoms with E-state index in [-0.39, 0.29) is 16.9 Å². The molecule has 194 valence electrons. The monoisotopic (exact) mass is 498 g/mol. The summed E-state index contributed by atoms with van der Waals surface area (Å²) in [6.07, 6.45) is 1.49. The average molecular weight is 499 g/mol. The highest BCUT2D eigenvalue weighted by atomic mass is 19.1. The molecule has 0 aliphatic carbocycles. The maximum absolute atomic E-state index is 13.5. The highest BCUT2D eigenvalue weighted by molar-refractivity contribution is 6.46. The molecule has 1 aliphatic heterocycles. The fourth-order valence-corrected chi connectivity index (χ4v) is 4.41. The Morgan fingerprint density at radius 2 is 1.75 bits per heavy atom. The maximum atomic E-state index is 13.5. The minimum atomic E-state index is -0.819. The van der Waals surface area contributed by atoms with Crippen LogP contribution in [-0.2, 0) is 9.59 Å². The number of carbonyl (C=O) groups excluding carboxylic acids is 2. The van der Waals surface area contributed by atoms with Crippen LogP contribution >= 0.6 is 0 Å². The number of ether oxygens (including phenoxy) is 2. The van der Waals surface area contributed by atoms with E-state index in [1.165, 1.54) is 36.3 Å². The minimum absolute atomic E-state index is 0.0290. The van der Waals surface area contributed by atoms with Gasteiger partial charge in [0, 0.05) is 12.1 Å². The Bertz CT molecular complexity index is 1100. The van der Waals surface area contributed by atoms with Crippen molar-refractivity contribution in [3.8, 4) is 11.5 Å². The molecular weight excluding hydrogens is 463 g/mol. The first-order chi connectivity index (χ1) is 17.4. The molecule has 0 unspecified atom stereocenters. The Hall–Kier alpha value is -3.39. The fourth-order valence-electron chi connectivity index (χ4n) is 4.41.